The van der Waals surface area contributed by atoms with E-state index in [0.717, 1.165) is 18.7 Å². The first-order valence-electron chi connectivity index (χ1n) is 6.18. The first kappa shape index (κ1) is 14.4. The molecular weight excluding hydrogens is 230 g/mol. The van der Waals surface area contributed by atoms with Gasteiger partial charge in [0, 0.05) is 32.1 Å². The smallest absolute Gasteiger partial charge is 0.270 e. The van der Waals surface area contributed by atoms with Gasteiger partial charge in [0.1, 0.15) is 5.69 Å². The van der Waals surface area contributed by atoms with Crippen LogP contribution in [0.3, 0.4) is 0 Å². The van der Waals surface area contributed by atoms with E-state index in [0.29, 0.717) is 12.2 Å². The maximum absolute atomic E-state index is 11.8. The SMILES string of the molecule is CCCNc1ccnc(C(=O)NCC(C)OC)c1. The molecule has 1 rings (SSSR count). The summed E-state index contributed by atoms with van der Waals surface area (Å²) in [6, 6.07) is 3.60. The molecule has 18 heavy (non-hydrogen) atoms. The lowest BCUT2D eigenvalue weighted by Gasteiger charge is -2.11. The third kappa shape index (κ3) is 4.71. The number of methoxy groups -OCH3 is 1. The van der Waals surface area contributed by atoms with E-state index in [-0.39, 0.29) is 12.0 Å². The molecule has 0 saturated carbocycles. The van der Waals surface area contributed by atoms with E-state index in [4.69, 9.17) is 4.74 Å². The zero-order chi connectivity index (χ0) is 13.4. The van der Waals surface area contributed by atoms with Gasteiger partial charge in [-0.15, -0.1) is 0 Å². The van der Waals surface area contributed by atoms with Crippen LogP contribution in [0.5, 0.6) is 0 Å². The van der Waals surface area contributed by atoms with Crippen LogP contribution in [0, 0.1) is 0 Å². The van der Waals surface area contributed by atoms with Gasteiger partial charge in [0.25, 0.3) is 5.91 Å². The highest BCUT2D eigenvalue weighted by molar-refractivity contribution is 5.93. The number of ether oxygens (including phenoxy) is 1. The van der Waals surface area contributed by atoms with Crippen LogP contribution >= 0.6 is 0 Å². The van der Waals surface area contributed by atoms with E-state index in [9.17, 15) is 4.79 Å². The second-order valence-electron chi connectivity index (χ2n) is 4.11. The minimum Gasteiger partial charge on any atom is -0.385 e. The molecule has 0 aliphatic heterocycles. The number of rotatable bonds is 7. The number of hydrogen-bond acceptors (Lipinski definition) is 4. The molecule has 0 bridgehead atoms. The number of nitrogens with one attached hydrogen (secondary N) is 2. The van der Waals surface area contributed by atoms with Crippen molar-refractivity contribution >= 4 is 11.6 Å². The lowest BCUT2D eigenvalue weighted by Crippen LogP contribution is -2.32. The van der Waals surface area contributed by atoms with Crippen molar-refractivity contribution in [2.45, 2.75) is 26.4 Å². The molecule has 0 aromatic carbocycles. The number of anilines is 1. The van der Waals surface area contributed by atoms with Crippen molar-refractivity contribution in [2.75, 3.05) is 25.5 Å². The Labute approximate surface area is 108 Å². The molecule has 1 aromatic rings. The van der Waals surface area contributed by atoms with Crippen molar-refractivity contribution < 1.29 is 9.53 Å². The highest BCUT2D eigenvalue weighted by Crippen LogP contribution is 2.07. The van der Waals surface area contributed by atoms with E-state index < -0.39 is 0 Å². The van der Waals surface area contributed by atoms with Gasteiger partial charge in [-0.2, -0.15) is 0 Å². The summed E-state index contributed by atoms with van der Waals surface area (Å²) in [5.74, 6) is -0.181. The average Bonchev–Trinajstić information content (AvgIpc) is 2.42. The van der Waals surface area contributed by atoms with Gasteiger partial charge < -0.3 is 15.4 Å². The van der Waals surface area contributed by atoms with Crippen molar-refractivity contribution in [2.24, 2.45) is 0 Å². The fraction of sp³-hybridized carbons (Fsp3) is 0.538. The highest BCUT2D eigenvalue weighted by atomic mass is 16.5. The van der Waals surface area contributed by atoms with Crippen molar-refractivity contribution in [3.05, 3.63) is 24.0 Å². The lowest BCUT2D eigenvalue weighted by molar-refractivity contribution is 0.0866. The van der Waals surface area contributed by atoms with Gasteiger partial charge in [-0.1, -0.05) is 6.92 Å². The zero-order valence-corrected chi connectivity index (χ0v) is 11.2. The predicted octanol–water partition coefficient (Wildman–Crippen LogP) is 1.67. The summed E-state index contributed by atoms with van der Waals surface area (Å²) in [5, 5.41) is 6.00. The van der Waals surface area contributed by atoms with Crippen LogP contribution in [0.4, 0.5) is 5.69 Å². The molecular formula is C13H21N3O2. The summed E-state index contributed by atoms with van der Waals surface area (Å²) in [6.45, 7) is 5.34. The second-order valence-corrected chi connectivity index (χ2v) is 4.11. The van der Waals surface area contributed by atoms with Gasteiger partial charge in [-0.3, -0.25) is 9.78 Å². The maximum atomic E-state index is 11.8. The lowest BCUT2D eigenvalue weighted by atomic mass is 10.3. The van der Waals surface area contributed by atoms with Crippen LogP contribution < -0.4 is 10.6 Å². The Balaban J connectivity index is 2.56. The predicted molar refractivity (Wildman–Crippen MR) is 71.8 cm³/mol. The van der Waals surface area contributed by atoms with Crippen LogP contribution in [0.15, 0.2) is 18.3 Å². The molecule has 2 N–H and O–H groups in total. The van der Waals surface area contributed by atoms with E-state index in [2.05, 4.69) is 22.5 Å². The van der Waals surface area contributed by atoms with Crippen LogP contribution in [-0.4, -0.2) is 37.2 Å². The number of hydrogen-bond donors (Lipinski definition) is 2. The summed E-state index contributed by atoms with van der Waals surface area (Å²) >= 11 is 0. The first-order valence-corrected chi connectivity index (χ1v) is 6.18. The minimum absolute atomic E-state index is 0.00431. The number of aromatic nitrogens is 1. The third-order valence-corrected chi connectivity index (χ3v) is 2.52. The molecule has 0 saturated heterocycles. The number of amides is 1. The summed E-state index contributed by atoms with van der Waals surface area (Å²) < 4.78 is 5.07. The zero-order valence-electron chi connectivity index (χ0n) is 11.2. The monoisotopic (exact) mass is 251 g/mol. The third-order valence-electron chi connectivity index (χ3n) is 2.52. The molecule has 0 aliphatic rings. The summed E-state index contributed by atoms with van der Waals surface area (Å²) in [7, 11) is 1.62. The largest absolute Gasteiger partial charge is 0.385 e. The Morgan fingerprint density at radius 2 is 2.33 bits per heavy atom. The second kappa shape index (κ2) is 7.66. The first-order chi connectivity index (χ1) is 8.67. The molecule has 1 atom stereocenters. The minimum atomic E-state index is -0.181. The van der Waals surface area contributed by atoms with E-state index in [1.807, 2.05) is 13.0 Å². The Kier molecular flexibility index (Phi) is 6.14. The Bertz CT molecular complexity index is 382. The van der Waals surface area contributed by atoms with Gasteiger partial charge in [0.2, 0.25) is 0 Å². The number of pyridine rings is 1. The van der Waals surface area contributed by atoms with Gasteiger partial charge in [0.15, 0.2) is 0 Å². The van der Waals surface area contributed by atoms with Crippen molar-refractivity contribution in [1.29, 1.82) is 0 Å². The van der Waals surface area contributed by atoms with Crippen molar-refractivity contribution in [3.63, 3.8) is 0 Å². The number of carbonyl (C=O) groups excluding carboxylic acids is 1. The average molecular weight is 251 g/mol. The molecule has 5 heteroatoms. The van der Waals surface area contributed by atoms with Crippen molar-refractivity contribution in [3.8, 4) is 0 Å². The maximum Gasteiger partial charge on any atom is 0.270 e. The van der Waals surface area contributed by atoms with Gasteiger partial charge in [-0.05, 0) is 25.5 Å². The normalized spacial score (nSPS) is 11.9. The fourth-order valence-corrected chi connectivity index (χ4v) is 1.34. The molecule has 1 unspecified atom stereocenters. The van der Waals surface area contributed by atoms with Crippen LogP contribution in [0.25, 0.3) is 0 Å². The van der Waals surface area contributed by atoms with Crippen molar-refractivity contribution in [1.82, 2.24) is 10.3 Å². The Morgan fingerprint density at radius 3 is 3.00 bits per heavy atom. The number of carbonyl (C=O) groups is 1. The molecule has 1 amide bonds. The van der Waals surface area contributed by atoms with Crippen LogP contribution in [-0.2, 0) is 4.74 Å². The van der Waals surface area contributed by atoms with E-state index >= 15 is 0 Å². The molecule has 0 spiro atoms. The molecule has 1 aromatic heterocycles. The molecule has 0 radical (unpaired) electrons. The Hall–Kier alpha value is -1.62. The van der Waals surface area contributed by atoms with Gasteiger partial charge in [-0.25, -0.2) is 0 Å². The number of nitrogens with zero attached hydrogens (tertiary/aromatic N) is 1. The van der Waals surface area contributed by atoms with Crippen LogP contribution in [0.2, 0.25) is 0 Å². The molecule has 5 nitrogen and oxygen atoms in total. The quantitative estimate of drug-likeness (QED) is 0.773. The molecule has 100 valence electrons. The Morgan fingerprint density at radius 1 is 1.56 bits per heavy atom. The molecule has 0 fully saturated rings. The molecule has 0 aliphatic carbocycles. The van der Waals surface area contributed by atoms with E-state index in [1.54, 1.807) is 19.4 Å². The summed E-state index contributed by atoms with van der Waals surface area (Å²) in [4.78, 5) is 15.9. The molecule has 1 heterocycles. The summed E-state index contributed by atoms with van der Waals surface area (Å²) in [5.41, 5.74) is 1.33. The topological polar surface area (TPSA) is 63.2 Å². The van der Waals surface area contributed by atoms with Gasteiger partial charge in [0.05, 0.1) is 6.10 Å². The van der Waals surface area contributed by atoms with Crippen LogP contribution in [0.1, 0.15) is 30.8 Å². The summed E-state index contributed by atoms with van der Waals surface area (Å²) in [6.07, 6.45) is 2.66. The fourth-order valence-electron chi connectivity index (χ4n) is 1.34. The highest BCUT2D eigenvalue weighted by Gasteiger charge is 2.09. The standard InChI is InChI=1S/C13H21N3O2/c1-4-6-14-11-5-7-15-12(8-11)13(17)16-9-10(2)18-3/h5,7-8,10H,4,6,9H2,1-3H3,(H,14,15)(H,16,17). The van der Waals surface area contributed by atoms with E-state index in [1.165, 1.54) is 0 Å². The van der Waals surface area contributed by atoms with Gasteiger partial charge >= 0.3 is 0 Å².